The smallest absolute Gasteiger partial charge is 0.252 e. The highest BCUT2D eigenvalue weighted by molar-refractivity contribution is 6.00. The van der Waals surface area contributed by atoms with Gasteiger partial charge in [0.05, 0.1) is 18.3 Å². The Morgan fingerprint density at radius 2 is 1.96 bits per heavy atom. The van der Waals surface area contributed by atoms with E-state index in [1.807, 2.05) is 37.3 Å². The number of oxazole rings is 1. The predicted molar refractivity (Wildman–Crippen MR) is 93.3 cm³/mol. The molecule has 2 aromatic carbocycles. The van der Waals surface area contributed by atoms with E-state index in [9.17, 15) is 4.79 Å². The van der Waals surface area contributed by atoms with E-state index in [2.05, 4.69) is 16.2 Å². The highest BCUT2D eigenvalue weighted by atomic mass is 16.4. The number of carbonyl (C=O) groups excluding carboxylic acids is 1. The van der Waals surface area contributed by atoms with Gasteiger partial charge in [0.1, 0.15) is 0 Å². The molecule has 0 aliphatic carbocycles. The second-order valence-corrected chi connectivity index (χ2v) is 5.33. The van der Waals surface area contributed by atoms with Crippen molar-refractivity contribution in [2.75, 3.05) is 6.54 Å². The van der Waals surface area contributed by atoms with Crippen molar-refractivity contribution in [2.45, 2.75) is 6.92 Å². The fourth-order valence-electron chi connectivity index (χ4n) is 2.34. The zero-order chi connectivity index (χ0) is 16.9. The first kappa shape index (κ1) is 15.6. The summed E-state index contributed by atoms with van der Waals surface area (Å²) in [7, 11) is 0. The number of hydrogen-bond acceptors (Lipinski definition) is 3. The summed E-state index contributed by atoms with van der Waals surface area (Å²) in [4.78, 5) is 16.6. The molecule has 0 saturated heterocycles. The number of rotatable bonds is 4. The molecule has 4 nitrogen and oxygen atoms in total. The van der Waals surface area contributed by atoms with Crippen molar-refractivity contribution in [1.82, 2.24) is 10.3 Å². The third kappa shape index (κ3) is 3.21. The number of aromatic nitrogens is 1. The van der Waals surface area contributed by atoms with Crippen molar-refractivity contribution in [3.8, 4) is 35.1 Å². The molecule has 0 fully saturated rings. The maximum Gasteiger partial charge on any atom is 0.252 e. The molecule has 0 aliphatic rings. The van der Waals surface area contributed by atoms with Crippen LogP contribution in [0.5, 0.6) is 0 Å². The van der Waals surface area contributed by atoms with Crippen LogP contribution in [0, 0.1) is 19.3 Å². The standard InChI is InChI=1S/C20H16N2O2/c1-3-12-21-19(23)16-6-4-5-7-17(16)20-22-13-18(24-20)15-10-8-14(2)9-11-15/h1,4-11,13H,12H2,2H3,(H,21,23). The van der Waals surface area contributed by atoms with Gasteiger partial charge >= 0.3 is 0 Å². The minimum absolute atomic E-state index is 0.174. The van der Waals surface area contributed by atoms with Gasteiger partial charge < -0.3 is 9.73 Å². The minimum atomic E-state index is -0.251. The molecule has 0 unspecified atom stereocenters. The second kappa shape index (κ2) is 6.84. The lowest BCUT2D eigenvalue weighted by Crippen LogP contribution is -2.24. The van der Waals surface area contributed by atoms with Crippen LogP contribution in [0.3, 0.4) is 0 Å². The topological polar surface area (TPSA) is 55.1 Å². The third-order valence-corrected chi connectivity index (χ3v) is 3.59. The normalized spacial score (nSPS) is 10.2. The van der Waals surface area contributed by atoms with E-state index in [-0.39, 0.29) is 12.5 Å². The number of aryl methyl sites for hydroxylation is 1. The highest BCUT2D eigenvalue weighted by Gasteiger charge is 2.16. The summed E-state index contributed by atoms with van der Waals surface area (Å²) in [6, 6.07) is 15.1. The molecule has 0 atom stereocenters. The van der Waals surface area contributed by atoms with E-state index in [0.29, 0.717) is 22.8 Å². The van der Waals surface area contributed by atoms with Gasteiger partial charge in [-0.05, 0) is 19.1 Å². The van der Waals surface area contributed by atoms with Crippen molar-refractivity contribution in [3.63, 3.8) is 0 Å². The van der Waals surface area contributed by atoms with Crippen LogP contribution >= 0.6 is 0 Å². The Balaban J connectivity index is 1.95. The van der Waals surface area contributed by atoms with Crippen molar-refractivity contribution < 1.29 is 9.21 Å². The van der Waals surface area contributed by atoms with Crippen LogP contribution < -0.4 is 5.32 Å². The summed E-state index contributed by atoms with van der Waals surface area (Å²) in [5.74, 6) is 3.19. The first-order chi connectivity index (χ1) is 11.7. The average molecular weight is 316 g/mol. The van der Waals surface area contributed by atoms with Gasteiger partial charge in [-0.2, -0.15) is 0 Å². The first-order valence-electron chi connectivity index (χ1n) is 7.53. The number of benzene rings is 2. The molecule has 0 aliphatic heterocycles. The van der Waals surface area contributed by atoms with Gasteiger partial charge in [-0.15, -0.1) is 6.42 Å². The highest BCUT2D eigenvalue weighted by Crippen LogP contribution is 2.28. The number of hydrogen-bond donors (Lipinski definition) is 1. The average Bonchev–Trinajstić information content (AvgIpc) is 3.10. The summed E-state index contributed by atoms with van der Waals surface area (Å²) >= 11 is 0. The van der Waals surface area contributed by atoms with E-state index in [4.69, 9.17) is 10.8 Å². The summed E-state index contributed by atoms with van der Waals surface area (Å²) in [5, 5.41) is 2.66. The van der Waals surface area contributed by atoms with Gasteiger partial charge in [0, 0.05) is 11.1 Å². The van der Waals surface area contributed by atoms with Gasteiger partial charge in [0.15, 0.2) is 5.76 Å². The number of nitrogens with one attached hydrogen (secondary N) is 1. The third-order valence-electron chi connectivity index (χ3n) is 3.59. The molecule has 0 spiro atoms. The van der Waals surface area contributed by atoms with E-state index >= 15 is 0 Å². The molecule has 3 aromatic rings. The van der Waals surface area contributed by atoms with Gasteiger partial charge in [-0.3, -0.25) is 4.79 Å². The Bertz CT molecular complexity index is 902. The zero-order valence-electron chi connectivity index (χ0n) is 13.2. The Morgan fingerprint density at radius 1 is 1.21 bits per heavy atom. The van der Waals surface area contributed by atoms with Gasteiger partial charge in [-0.1, -0.05) is 47.9 Å². The molecular formula is C20H16N2O2. The SMILES string of the molecule is C#CCNC(=O)c1ccccc1-c1ncc(-c2ccc(C)cc2)o1. The molecule has 1 heterocycles. The van der Waals surface area contributed by atoms with Crippen LogP contribution in [-0.2, 0) is 0 Å². The van der Waals surface area contributed by atoms with Crippen molar-refractivity contribution in [2.24, 2.45) is 0 Å². The predicted octanol–water partition coefficient (Wildman–Crippen LogP) is 3.68. The molecule has 3 rings (SSSR count). The van der Waals surface area contributed by atoms with Crippen molar-refractivity contribution in [1.29, 1.82) is 0 Å². The Hall–Kier alpha value is -3.32. The molecule has 0 saturated carbocycles. The van der Waals surface area contributed by atoms with E-state index in [1.54, 1.807) is 24.4 Å². The molecule has 1 amide bonds. The molecular weight excluding hydrogens is 300 g/mol. The molecule has 4 heteroatoms. The summed E-state index contributed by atoms with van der Waals surface area (Å²) in [6.45, 7) is 2.20. The Labute approximate surface area is 140 Å². The maximum atomic E-state index is 12.2. The first-order valence-corrected chi connectivity index (χ1v) is 7.53. The van der Waals surface area contributed by atoms with E-state index in [1.165, 1.54) is 5.56 Å². The van der Waals surface area contributed by atoms with Crippen molar-refractivity contribution in [3.05, 3.63) is 65.9 Å². The maximum absolute atomic E-state index is 12.2. The van der Waals surface area contributed by atoms with Crippen LogP contribution in [0.25, 0.3) is 22.8 Å². The fourth-order valence-corrected chi connectivity index (χ4v) is 2.34. The summed E-state index contributed by atoms with van der Waals surface area (Å²) < 4.78 is 5.86. The van der Waals surface area contributed by atoms with Crippen LogP contribution in [0.4, 0.5) is 0 Å². The Kier molecular flexibility index (Phi) is 4.44. The number of nitrogens with zero attached hydrogens (tertiary/aromatic N) is 1. The summed E-state index contributed by atoms with van der Waals surface area (Å²) in [6.07, 6.45) is 6.85. The van der Waals surface area contributed by atoms with Gasteiger partial charge in [-0.25, -0.2) is 4.98 Å². The Morgan fingerprint density at radius 3 is 2.71 bits per heavy atom. The van der Waals surface area contributed by atoms with Crippen LogP contribution in [0.2, 0.25) is 0 Å². The molecule has 24 heavy (non-hydrogen) atoms. The van der Waals surface area contributed by atoms with Gasteiger partial charge in [0.2, 0.25) is 5.89 Å². The van der Waals surface area contributed by atoms with Crippen molar-refractivity contribution >= 4 is 5.91 Å². The van der Waals surface area contributed by atoms with E-state index in [0.717, 1.165) is 5.56 Å². The van der Waals surface area contributed by atoms with E-state index < -0.39 is 0 Å². The minimum Gasteiger partial charge on any atom is -0.436 e. The summed E-state index contributed by atoms with van der Waals surface area (Å²) in [5.41, 5.74) is 3.22. The zero-order valence-corrected chi connectivity index (χ0v) is 13.2. The lowest BCUT2D eigenvalue weighted by molar-refractivity contribution is 0.0959. The van der Waals surface area contributed by atoms with Crippen LogP contribution in [0.1, 0.15) is 15.9 Å². The largest absolute Gasteiger partial charge is 0.436 e. The lowest BCUT2D eigenvalue weighted by Gasteiger charge is -2.06. The molecule has 0 bridgehead atoms. The second-order valence-electron chi connectivity index (χ2n) is 5.33. The molecule has 1 N–H and O–H groups in total. The van der Waals surface area contributed by atoms with Crippen LogP contribution in [0.15, 0.2) is 59.1 Å². The monoisotopic (exact) mass is 316 g/mol. The fraction of sp³-hybridized carbons (Fsp3) is 0.100. The molecule has 0 radical (unpaired) electrons. The van der Waals surface area contributed by atoms with Gasteiger partial charge in [0.25, 0.3) is 5.91 Å². The lowest BCUT2D eigenvalue weighted by atomic mass is 10.1. The number of terminal acetylenes is 1. The molecule has 118 valence electrons. The number of amides is 1. The number of carbonyl (C=O) groups is 1. The quantitative estimate of drug-likeness (QED) is 0.747. The molecule has 1 aromatic heterocycles. The van der Waals surface area contributed by atoms with Crippen LogP contribution in [-0.4, -0.2) is 17.4 Å².